The summed E-state index contributed by atoms with van der Waals surface area (Å²) in [5, 5.41) is 27.6. The molecule has 208 valence electrons. The molecule has 1 unspecified atom stereocenters. The van der Waals surface area contributed by atoms with Gasteiger partial charge < -0.3 is 25.2 Å². The lowest BCUT2D eigenvalue weighted by Gasteiger charge is -2.18. The molecule has 0 radical (unpaired) electrons. The zero-order valence-electron chi connectivity index (χ0n) is 22.4. The number of amides is 2. The number of hydrogen-bond acceptors (Lipinski definition) is 8. The van der Waals surface area contributed by atoms with E-state index in [1.807, 2.05) is 0 Å². The molecule has 12 heteroatoms. The van der Waals surface area contributed by atoms with Crippen molar-refractivity contribution in [3.8, 4) is 11.1 Å². The van der Waals surface area contributed by atoms with Gasteiger partial charge in [-0.25, -0.2) is 9.37 Å². The summed E-state index contributed by atoms with van der Waals surface area (Å²) < 4.78 is 20.5. The van der Waals surface area contributed by atoms with Crippen molar-refractivity contribution in [2.45, 2.75) is 44.9 Å². The topological polar surface area (TPSA) is 149 Å². The Bertz CT molecular complexity index is 1590. The van der Waals surface area contributed by atoms with Crippen LogP contribution in [0.4, 0.5) is 10.2 Å². The molecule has 1 fully saturated rings. The SMILES string of the molecule is C=CC(=O)N[C@@H]1CCN(c2n[nH]c3nccc(-c4ccc(C(C)NC(=O)c5cc(C(C)(C)O)on5)c(F)c4)c23)C1. The molecule has 0 aliphatic carbocycles. The van der Waals surface area contributed by atoms with Crippen LogP contribution < -0.4 is 15.5 Å². The van der Waals surface area contributed by atoms with E-state index in [4.69, 9.17) is 4.52 Å². The number of aliphatic hydroxyl groups is 1. The third kappa shape index (κ3) is 5.30. The summed E-state index contributed by atoms with van der Waals surface area (Å²) in [5.41, 5.74) is 0.925. The van der Waals surface area contributed by atoms with Gasteiger partial charge in [0.15, 0.2) is 22.9 Å². The van der Waals surface area contributed by atoms with E-state index >= 15 is 4.39 Å². The predicted octanol–water partition coefficient (Wildman–Crippen LogP) is 3.35. The maximum absolute atomic E-state index is 15.4. The number of aromatic amines is 1. The average molecular weight is 548 g/mol. The highest BCUT2D eigenvalue weighted by molar-refractivity contribution is 6.01. The van der Waals surface area contributed by atoms with Gasteiger partial charge in [0.25, 0.3) is 5.91 Å². The number of carbonyl (C=O) groups excluding carboxylic acids is 2. The van der Waals surface area contributed by atoms with E-state index in [-0.39, 0.29) is 23.4 Å². The lowest BCUT2D eigenvalue weighted by atomic mass is 9.99. The zero-order valence-corrected chi connectivity index (χ0v) is 22.4. The molecular weight excluding hydrogens is 517 g/mol. The van der Waals surface area contributed by atoms with Crippen LogP contribution in [0.1, 0.15) is 55.0 Å². The standard InChI is InChI=1S/C28H30FN7O4/c1-5-23(37)32-17-9-11-36(14-17)26-24-19(8-10-30-25(24)33-34-26)16-6-7-18(20(29)12-16)15(2)31-27(38)21-13-22(40-35-21)28(3,4)39/h5-8,10,12-13,15,17,39H,1,9,11,14H2,2-4H3,(H,31,38)(H,32,37)(H,30,33,34)/t15?,17-/m1/s1. The molecule has 5 rings (SSSR count). The fourth-order valence-electron chi connectivity index (χ4n) is 4.80. The van der Waals surface area contributed by atoms with Crippen LogP contribution in [0.2, 0.25) is 0 Å². The molecule has 4 heterocycles. The Morgan fingerprint density at radius 2 is 2.12 bits per heavy atom. The van der Waals surface area contributed by atoms with Crippen LogP contribution in [0.5, 0.6) is 0 Å². The average Bonchev–Trinajstić information content (AvgIpc) is 3.67. The molecule has 2 amide bonds. The molecule has 4 aromatic rings. The van der Waals surface area contributed by atoms with E-state index in [0.29, 0.717) is 35.7 Å². The van der Waals surface area contributed by atoms with Gasteiger partial charge in [-0.05, 0) is 56.5 Å². The van der Waals surface area contributed by atoms with Gasteiger partial charge in [0.05, 0.1) is 11.4 Å². The van der Waals surface area contributed by atoms with E-state index in [0.717, 1.165) is 17.4 Å². The van der Waals surface area contributed by atoms with Crippen LogP contribution in [-0.2, 0) is 10.4 Å². The molecule has 0 bridgehead atoms. The Balaban J connectivity index is 1.37. The predicted molar refractivity (Wildman–Crippen MR) is 146 cm³/mol. The fraction of sp³-hybridized carbons (Fsp3) is 0.321. The third-order valence-corrected chi connectivity index (χ3v) is 6.93. The van der Waals surface area contributed by atoms with E-state index in [1.165, 1.54) is 32.1 Å². The first-order chi connectivity index (χ1) is 19.0. The van der Waals surface area contributed by atoms with E-state index < -0.39 is 23.4 Å². The number of aromatic nitrogens is 4. The first-order valence-corrected chi connectivity index (χ1v) is 12.9. The molecule has 40 heavy (non-hydrogen) atoms. The number of pyridine rings is 1. The van der Waals surface area contributed by atoms with Crippen molar-refractivity contribution in [3.63, 3.8) is 0 Å². The van der Waals surface area contributed by atoms with Crippen molar-refractivity contribution in [2.75, 3.05) is 18.0 Å². The second-order valence-corrected chi connectivity index (χ2v) is 10.3. The minimum absolute atomic E-state index is 0.0131. The van der Waals surface area contributed by atoms with Crippen molar-refractivity contribution < 1.29 is 23.6 Å². The molecule has 3 aromatic heterocycles. The maximum atomic E-state index is 15.4. The number of fused-ring (bicyclic) bond motifs is 1. The number of H-pyrrole nitrogens is 1. The molecule has 0 spiro atoms. The molecule has 11 nitrogen and oxygen atoms in total. The highest BCUT2D eigenvalue weighted by Crippen LogP contribution is 2.35. The Kier molecular flexibility index (Phi) is 7.11. The minimum Gasteiger partial charge on any atom is -0.382 e. The van der Waals surface area contributed by atoms with Gasteiger partial charge in [-0.3, -0.25) is 14.7 Å². The number of carbonyl (C=O) groups is 2. The van der Waals surface area contributed by atoms with E-state index in [2.05, 4.69) is 42.5 Å². The van der Waals surface area contributed by atoms with Crippen molar-refractivity contribution in [3.05, 3.63) is 72.0 Å². The molecule has 1 aliphatic heterocycles. The molecule has 4 N–H and O–H groups in total. The Morgan fingerprint density at radius 1 is 1.32 bits per heavy atom. The van der Waals surface area contributed by atoms with E-state index in [1.54, 1.807) is 31.3 Å². The van der Waals surface area contributed by atoms with Gasteiger partial charge in [-0.15, -0.1) is 0 Å². The van der Waals surface area contributed by atoms with Gasteiger partial charge in [-0.1, -0.05) is 23.9 Å². The van der Waals surface area contributed by atoms with Crippen LogP contribution in [0.15, 0.2) is 53.7 Å². The molecule has 1 aliphatic rings. The number of anilines is 1. The maximum Gasteiger partial charge on any atom is 0.273 e. The highest BCUT2D eigenvalue weighted by Gasteiger charge is 2.28. The number of rotatable bonds is 8. The molecule has 0 saturated carbocycles. The molecule has 1 saturated heterocycles. The summed E-state index contributed by atoms with van der Waals surface area (Å²) in [7, 11) is 0. The van der Waals surface area contributed by atoms with Crippen LogP contribution >= 0.6 is 0 Å². The number of hydrogen-bond donors (Lipinski definition) is 4. The third-order valence-electron chi connectivity index (χ3n) is 6.93. The summed E-state index contributed by atoms with van der Waals surface area (Å²) in [5.74, 6) is -0.444. The lowest BCUT2D eigenvalue weighted by Crippen LogP contribution is -2.36. The lowest BCUT2D eigenvalue weighted by molar-refractivity contribution is -0.117. The smallest absolute Gasteiger partial charge is 0.273 e. The number of halogens is 1. The van der Waals surface area contributed by atoms with E-state index in [9.17, 15) is 14.7 Å². The number of benzene rings is 1. The second kappa shape index (κ2) is 10.5. The van der Waals surface area contributed by atoms with Crippen molar-refractivity contribution >= 4 is 28.7 Å². The fourth-order valence-corrected chi connectivity index (χ4v) is 4.80. The summed E-state index contributed by atoms with van der Waals surface area (Å²) in [6.07, 6.45) is 3.64. The van der Waals surface area contributed by atoms with Gasteiger partial charge >= 0.3 is 0 Å². The van der Waals surface area contributed by atoms with Gasteiger partial charge in [0, 0.05) is 37.0 Å². The summed E-state index contributed by atoms with van der Waals surface area (Å²) in [6.45, 7) is 9.46. The highest BCUT2D eigenvalue weighted by atomic mass is 19.1. The van der Waals surface area contributed by atoms with Gasteiger partial charge in [0.1, 0.15) is 11.4 Å². The quantitative estimate of drug-likeness (QED) is 0.245. The monoisotopic (exact) mass is 547 g/mol. The second-order valence-electron chi connectivity index (χ2n) is 10.3. The first kappa shape index (κ1) is 27.0. The zero-order chi connectivity index (χ0) is 28.6. The molecule has 1 aromatic carbocycles. The van der Waals surface area contributed by atoms with Crippen molar-refractivity contribution in [2.24, 2.45) is 0 Å². The van der Waals surface area contributed by atoms with Gasteiger partial charge in [-0.2, -0.15) is 5.10 Å². The Labute approximate surface area is 229 Å². The summed E-state index contributed by atoms with van der Waals surface area (Å²) in [4.78, 5) is 30.8. The van der Waals surface area contributed by atoms with Crippen molar-refractivity contribution in [1.82, 2.24) is 31.0 Å². The van der Waals surface area contributed by atoms with Crippen LogP contribution in [-0.4, -0.2) is 56.4 Å². The van der Waals surface area contributed by atoms with Crippen LogP contribution in [0, 0.1) is 5.82 Å². The van der Waals surface area contributed by atoms with Crippen LogP contribution in [0.25, 0.3) is 22.2 Å². The van der Waals surface area contributed by atoms with Crippen LogP contribution in [0.3, 0.4) is 0 Å². The Morgan fingerprint density at radius 3 is 2.83 bits per heavy atom. The first-order valence-electron chi connectivity index (χ1n) is 12.9. The largest absolute Gasteiger partial charge is 0.382 e. The number of nitrogens with one attached hydrogen (secondary N) is 3. The molecular formula is C28H30FN7O4. The van der Waals surface area contributed by atoms with Gasteiger partial charge in [0.2, 0.25) is 5.91 Å². The summed E-state index contributed by atoms with van der Waals surface area (Å²) in [6, 6.07) is 7.29. The normalized spacial score (nSPS) is 16.2. The van der Waals surface area contributed by atoms with Crippen molar-refractivity contribution in [1.29, 1.82) is 0 Å². The number of nitrogens with zero attached hydrogens (tertiary/aromatic N) is 4. The Hall–Kier alpha value is -4.58. The molecule has 2 atom stereocenters. The summed E-state index contributed by atoms with van der Waals surface area (Å²) >= 11 is 0. The minimum atomic E-state index is -1.29.